The van der Waals surface area contributed by atoms with Gasteiger partial charge in [-0.3, -0.25) is 0 Å². The van der Waals surface area contributed by atoms with Crippen molar-refractivity contribution in [2.45, 2.75) is 44.6 Å². The molecule has 0 radical (unpaired) electrons. The van der Waals surface area contributed by atoms with Gasteiger partial charge in [0.2, 0.25) is 10.0 Å². The molecule has 1 aromatic rings. The fourth-order valence-electron chi connectivity index (χ4n) is 1.67. The SMILES string of the molecule is CCCc1ccc(S(=O)(=O)NC(C#N)C(C)C)cc1. The molecule has 0 heterocycles. The smallest absolute Gasteiger partial charge is 0.207 e. The van der Waals surface area contributed by atoms with Crippen molar-refractivity contribution in [3.63, 3.8) is 0 Å². The average molecular weight is 280 g/mol. The van der Waals surface area contributed by atoms with Crippen molar-refractivity contribution in [1.29, 1.82) is 5.26 Å². The molecule has 104 valence electrons. The van der Waals surface area contributed by atoms with Gasteiger partial charge in [-0.2, -0.15) is 9.98 Å². The van der Waals surface area contributed by atoms with E-state index >= 15 is 0 Å². The van der Waals surface area contributed by atoms with E-state index in [0.29, 0.717) is 0 Å². The summed E-state index contributed by atoms with van der Waals surface area (Å²) in [6, 6.07) is 8.06. The standard InChI is InChI=1S/C14H20N2O2S/c1-4-5-12-6-8-13(9-7-12)19(17,18)16-14(10-15)11(2)3/h6-9,11,14,16H,4-5H2,1-3H3. The van der Waals surface area contributed by atoms with E-state index in [2.05, 4.69) is 11.6 Å². The van der Waals surface area contributed by atoms with Crippen LogP contribution in [0.3, 0.4) is 0 Å². The maximum Gasteiger partial charge on any atom is 0.241 e. The Kier molecular flexibility index (Phi) is 5.52. The third-order valence-corrected chi connectivity index (χ3v) is 4.32. The highest BCUT2D eigenvalue weighted by Crippen LogP contribution is 2.13. The first kappa shape index (κ1) is 15.7. The molecule has 0 bridgehead atoms. The first-order chi connectivity index (χ1) is 8.90. The Labute approximate surface area is 115 Å². The van der Waals surface area contributed by atoms with E-state index in [-0.39, 0.29) is 10.8 Å². The molecule has 1 unspecified atom stereocenters. The molecule has 0 aliphatic rings. The Morgan fingerprint density at radius 2 is 1.84 bits per heavy atom. The van der Waals surface area contributed by atoms with E-state index in [9.17, 15) is 8.42 Å². The maximum atomic E-state index is 12.1. The summed E-state index contributed by atoms with van der Waals surface area (Å²) in [6.45, 7) is 5.69. The molecule has 0 amide bonds. The topological polar surface area (TPSA) is 70.0 Å². The Morgan fingerprint density at radius 1 is 1.26 bits per heavy atom. The third kappa shape index (κ3) is 4.34. The van der Waals surface area contributed by atoms with Crippen LogP contribution in [0.2, 0.25) is 0 Å². The minimum Gasteiger partial charge on any atom is -0.207 e. The summed E-state index contributed by atoms with van der Waals surface area (Å²) in [5, 5.41) is 8.94. The largest absolute Gasteiger partial charge is 0.241 e. The molecule has 1 N–H and O–H groups in total. The Morgan fingerprint density at radius 3 is 2.26 bits per heavy atom. The first-order valence-electron chi connectivity index (χ1n) is 6.41. The normalized spacial score (nSPS) is 13.2. The number of nitrogens with zero attached hydrogens (tertiary/aromatic N) is 1. The second-order valence-corrected chi connectivity index (χ2v) is 6.58. The van der Waals surface area contributed by atoms with Gasteiger partial charge >= 0.3 is 0 Å². The highest BCUT2D eigenvalue weighted by molar-refractivity contribution is 7.89. The summed E-state index contributed by atoms with van der Waals surface area (Å²) in [6.07, 6.45) is 1.95. The molecule has 4 nitrogen and oxygen atoms in total. The van der Waals surface area contributed by atoms with Crippen molar-refractivity contribution >= 4 is 10.0 Å². The van der Waals surface area contributed by atoms with Gasteiger partial charge in [0.05, 0.1) is 11.0 Å². The highest BCUT2D eigenvalue weighted by Gasteiger charge is 2.21. The van der Waals surface area contributed by atoms with Crippen molar-refractivity contribution in [2.75, 3.05) is 0 Å². The van der Waals surface area contributed by atoms with Crippen molar-refractivity contribution < 1.29 is 8.42 Å². The quantitative estimate of drug-likeness (QED) is 0.870. The van der Waals surface area contributed by atoms with Crippen molar-refractivity contribution in [3.05, 3.63) is 29.8 Å². The second kappa shape index (κ2) is 6.69. The minimum absolute atomic E-state index is 0.0702. The summed E-state index contributed by atoms with van der Waals surface area (Å²) >= 11 is 0. The van der Waals surface area contributed by atoms with Crippen LogP contribution < -0.4 is 4.72 Å². The maximum absolute atomic E-state index is 12.1. The van der Waals surface area contributed by atoms with E-state index in [1.165, 1.54) is 0 Å². The lowest BCUT2D eigenvalue weighted by atomic mass is 10.1. The van der Waals surface area contributed by atoms with Crippen molar-refractivity contribution in [1.82, 2.24) is 4.72 Å². The van der Waals surface area contributed by atoms with Crippen LogP contribution in [0, 0.1) is 17.2 Å². The lowest BCUT2D eigenvalue weighted by Gasteiger charge is -2.15. The Bertz CT molecular complexity index is 542. The molecule has 0 saturated heterocycles. The van der Waals surface area contributed by atoms with E-state index < -0.39 is 16.1 Å². The van der Waals surface area contributed by atoms with E-state index in [0.717, 1.165) is 18.4 Å². The predicted molar refractivity (Wildman–Crippen MR) is 75.0 cm³/mol. The molecule has 0 aromatic heterocycles. The zero-order valence-corrected chi connectivity index (χ0v) is 12.4. The Balaban J connectivity index is 2.91. The second-order valence-electron chi connectivity index (χ2n) is 4.87. The number of aryl methyl sites for hydroxylation is 1. The molecule has 0 spiro atoms. The molecule has 1 atom stereocenters. The minimum atomic E-state index is -3.62. The molecular weight excluding hydrogens is 260 g/mol. The highest BCUT2D eigenvalue weighted by atomic mass is 32.2. The number of rotatable bonds is 6. The summed E-state index contributed by atoms with van der Waals surface area (Å²) in [5.41, 5.74) is 1.11. The fourth-order valence-corrected chi connectivity index (χ4v) is 2.96. The number of nitriles is 1. The lowest BCUT2D eigenvalue weighted by molar-refractivity contribution is 0.515. The molecule has 1 rings (SSSR count). The summed E-state index contributed by atoms with van der Waals surface area (Å²) in [5.74, 6) is -0.0702. The van der Waals surface area contributed by atoms with Gasteiger partial charge in [-0.1, -0.05) is 39.3 Å². The van der Waals surface area contributed by atoms with Gasteiger partial charge < -0.3 is 0 Å². The average Bonchev–Trinajstić information content (AvgIpc) is 2.37. The zero-order chi connectivity index (χ0) is 14.5. The van der Waals surface area contributed by atoms with Crippen LogP contribution in [0.15, 0.2) is 29.2 Å². The van der Waals surface area contributed by atoms with E-state index in [4.69, 9.17) is 5.26 Å². The van der Waals surface area contributed by atoms with Crippen LogP contribution in [0.4, 0.5) is 0 Å². The lowest BCUT2D eigenvalue weighted by Crippen LogP contribution is -2.37. The van der Waals surface area contributed by atoms with Gasteiger partial charge in [-0.25, -0.2) is 8.42 Å². The predicted octanol–water partition coefficient (Wildman–Crippen LogP) is 2.47. The molecule has 1 aromatic carbocycles. The third-order valence-electron chi connectivity index (χ3n) is 2.86. The van der Waals surface area contributed by atoms with E-state index in [1.807, 2.05) is 18.2 Å². The van der Waals surface area contributed by atoms with Crippen LogP contribution in [0.5, 0.6) is 0 Å². The monoisotopic (exact) mass is 280 g/mol. The molecule has 0 fully saturated rings. The van der Waals surface area contributed by atoms with Crippen LogP contribution in [0.25, 0.3) is 0 Å². The molecular formula is C14H20N2O2S. The van der Waals surface area contributed by atoms with Gasteiger partial charge in [0.1, 0.15) is 6.04 Å². The number of hydrogen-bond donors (Lipinski definition) is 1. The fraction of sp³-hybridized carbons (Fsp3) is 0.500. The number of nitrogens with one attached hydrogen (secondary N) is 1. The van der Waals surface area contributed by atoms with Crippen molar-refractivity contribution in [3.8, 4) is 6.07 Å². The molecule has 0 saturated carbocycles. The van der Waals surface area contributed by atoms with Crippen molar-refractivity contribution in [2.24, 2.45) is 5.92 Å². The van der Waals surface area contributed by atoms with Crippen LogP contribution in [-0.2, 0) is 16.4 Å². The molecule has 0 aliphatic carbocycles. The zero-order valence-electron chi connectivity index (χ0n) is 11.6. The van der Waals surface area contributed by atoms with Crippen LogP contribution >= 0.6 is 0 Å². The summed E-state index contributed by atoms with van der Waals surface area (Å²) in [4.78, 5) is 0.202. The van der Waals surface area contributed by atoms with E-state index in [1.54, 1.807) is 26.0 Å². The Hall–Kier alpha value is -1.38. The number of hydrogen-bond acceptors (Lipinski definition) is 3. The van der Waals surface area contributed by atoms with Gasteiger partial charge in [0, 0.05) is 0 Å². The number of sulfonamides is 1. The number of benzene rings is 1. The molecule has 0 aliphatic heterocycles. The van der Waals surface area contributed by atoms with Gasteiger partial charge in [-0.05, 0) is 30.0 Å². The first-order valence-corrected chi connectivity index (χ1v) is 7.90. The molecule has 19 heavy (non-hydrogen) atoms. The van der Waals surface area contributed by atoms with Gasteiger partial charge in [0.25, 0.3) is 0 Å². The van der Waals surface area contributed by atoms with Gasteiger partial charge in [-0.15, -0.1) is 0 Å². The summed E-state index contributed by atoms with van der Waals surface area (Å²) in [7, 11) is -3.62. The molecule has 5 heteroatoms. The van der Waals surface area contributed by atoms with Gasteiger partial charge in [0.15, 0.2) is 0 Å². The van der Waals surface area contributed by atoms with Crippen LogP contribution in [-0.4, -0.2) is 14.5 Å². The summed E-state index contributed by atoms with van der Waals surface area (Å²) < 4.78 is 26.6. The van der Waals surface area contributed by atoms with Crippen LogP contribution in [0.1, 0.15) is 32.8 Å².